The molecule has 0 saturated carbocycles. The van der Waals surface area contributed by atoms with Gasteiger partial charge in [-0.1, -0.05) is 25.4 Å². The first kappa shape index (κ1) is 17.3. The van der Waals surface area contributed by atoms with Gasteiger partial charge in [0.2, 0.25) is 0 Å². The molecular formula is C17H20ClN5O2. The molecule has 0 atom stereocenters. The van der Waals surface area contributed by atoms with Crippen LogP contribution in [0.5, 0.6) is 0 Å². The number of nitrogen functional groups attached to an aromatic ring is 1. The number of H-pyrrole nitrogens is 1. The largest absolute Gasteiger partial charge is 0.398 e. The third-order valence-corrected chi connectivity index (χ3v) is 4.26. The molecule has 0 aliphatic rings. The predicted molar refractivity (Wildman–Crippen MR) is 100 cm³/mol. The molecule has 0 bridgehead atoms. The molecule has 132 valence electrons. The van der Waals surface area contributed by atoms with Crippen molar-refractivity contribution in [1.29, 1.82) is 0 Å². The van der Waals surface area contributed by atoms with E-state index in [0.717, 1.165) is 6.42 Å². The Morgan fingerprint density at radius 2 is 1.84 bits per heavy atom. The molecule has 3 rings (SSSR count). The van der Waals surface area contributed by atoms with Crippen LogP contribution in [0.4, 0.5) is 5.69 Å². The lowest BCUT2D eigenvalue weighted by Crippen LogP contribution is -2.40. The average molecular weight is 362 g/mol. The van der Waals surface area contributed by atoms with Crippen LogP contribution in [0.3, 0.4) is 0 Å². The van der Waals surface area contributed by atoms with Crippen molar-refractivity contribution in [1.82, 2.24) is 19.1 Å². The zero-order valence-corrected chi connectivity index (χ0v) is 14.9. The molecule has 0 aliphatic heterocycles. The Bertz CT molecular complexity index is 1050. The van der Waals surface area contributed by atoms with E-state index in [4.69, 9.17) is 17.3 Å². The van der Waals surface area contributed by atoms with Crippen LogP contribution in [0, 0.1) is 0 Å². The van der Waals surface area contributed by atoms with Crippen molar-refractivity contribution in [2.24, 2.45) is 0 Å². The van der Waals surface area contributed by atoms with Crippen molar-refractivity contribution in [2.45, 2.75) is 39.8 Å². The number of aryl methyl sites for hydroxylation is 1. The molecule has 0 fully saturated rings. The minimum absolute atomic E-state index is 0.302. The van der Waals surface area contributed by atoms with Gasteiger partial charge in [-0.05, 0) is 31.0 Å². The number of anilines is 1. The summed E-state index contributed by atoms with van der Waals surface area (Å²) in [6.45, 7) is 4.74. The van der Waals surface area contributed by atoms with E-state index < -0.39 is 0 Å². The molecule has 3 N–H and O–H groups in total. The Morgan fingerprint density at radius 1 is 1.16 bits per heavy atom. The average Bonchev–Trinajstić information content (AvgIpc) is 3.03. The second-order valence-corrected chi connectivity index (χ2v) is 6.34. The van der Waals surface area contributed by atoms with Gasteiger partial charge in [0.25, 0.3) is 5.56 Å². The maximum absolute atomic E-state index is 12.7. The Kier molecular flexibility index (Phi) is 4.67. The number of hydrogen-bond donors (Lipinski definition) is 2. The topological polar surface area (TPSA) is 98.7 Å². The first-order valence-corrected chi connectivity index (χ1v) is 8.64. The third-order valence-electron chi connectivity index (χ3n) is 4.03. The summed E-state index contributed by atoms with van der Waals surface area (Å²) in [6.07, 6.45) is 1.44. The van der Waals surface area contributed by atoms with Crippen LogP contribution in [0.1, 0.15) is 26.7 Å². The Balaban J connectivity index is 2.34. The summed E-state index contributed by atoms with van der Waals surface area (Å²) in [7, 11) is 0. The molecule has 1 aromatic carbocycles. The van der Waals surface area contributed by atoms with E-state index in [0.29, 0.717) is 52.8 Å². The normalized spacial score (nSPS) is 11.3. The summed E-state index contributed by atoms with van der Waals surface area (Å²) in [5.74, 6) is 0.422. The minimum Gasteiger partial charge on any atom is -0.398 e. The molecule has 8 heteroatoms. The van der Waals surface area contributed by atoms with E-state index in [1.165, 1.54) is 9.13 Å². The number of fused-ring (bicyclic) bond motifs is 1. The fourth-order valence-electron chi connectivity index (χ4n) is 2.87. The van der Waals surface area contributed by atoms with E-state index in [1.807, 2.05) is 13.8 Å². The Hall–Kier alpha value is -2.54. The molecule has 0 unspecified atom stereocenters. The number of halogens is 1. The van der Waals surface area contributed by atoms with Gasteiger partial charge in [-0.3, -0.25) is 13.9 Å². The molecule has 2 heterocycles. The van der Waals surface area contributed by atoms with Crippen LogP contribution in [0.15, 0.2) is 27.8 Å². The number of imidazole rings is 1. The number of rotatable bonds is 5. The molecule has 3 aromatic rings. The molecular weight excluding hydrogens is 342 g/mol. The monoisotopic (exact) mass is 361 g/mol. The van der Waals surface area contributed by atoms with Crippen LogP contribution >= 0.6 is 11.6 Å². The van der Waals surface area contributed by atoms with Gasteiger partial charge >= 0.3 is 5.69 Å². The second-order valence-electron chi connectivity index (χ2n) is 5.91. The van der Waals surface area contributed by atoms with Gasteiger partial charge in [0.15, 0.2) is 5.65 Å². The first-order valence-electron chi connectivity index (χ1n) is 8.26. The molecule has 7 nitrogen and oxygen atoms in total. The maximum atomic E-state index is 12.7. The number of nitrogens with one attached hydrogen (secondary N) is 1. The lowest BCUT2D eigenvalue weighted by Gasteiger charge is -2.09. The molecule has 0 saturated heterocycles. The van der Waals surface area contributed by atoms with Crippen LogP contribution in [0.25, 0.3) is 22.6 Å². The highest BCUT2D eigenvalue weighted by Gasteiger charge is 2.18. The highest BCUT2D eigenvalue weighted by molar-refractivity contribution is 6.31. The third kappa shape index (κ3) is 2.95. The molecule has 25 heavy (non-hydrogen) atoms. The van der Waals surface area contributed by atoms with Crippen molar-refractivity contribution in [3.05, 3.63) is 44.1 Å². The first-order chi connectivity index (χ1) is 12.0. The summed E-state index contributed by atoms with van der Waals surface area (Å²) >= 11 is 6.05. The van der Waals surface area contributed by atoms with E-state index in [-0.39, 0.29) is 11.2 Å². The summed E-state index contributed by atoms with van der Waals surface area (Å²) in [4.78, 5) is 32.9. The van der Waals surface area contributed by atoms with Crippen LogP contribution in [-0.4, -0.2) is 19.1 Å². The molecule has 0 amide bonds. The highest BCUT2D eigenvalue weighted by Crippen LogP contribution is 2.27. The summed E-state index contributed by atoms with van der Waals surface area (Å²) in [6, 6.07) is 5.05. The number of aromatic amines is 1. The van der Waals surface area contributed by atoms with Crippen LogP contribution in [-0.2, 0) is 13.1 Å². The lowest BCUT2D eigenvalue weighted by atomic mass is 10.2. The summed E-state index contributed by atoms with van der Waals surface area (Å²) in [5, 5.41) is 0.513. The fourth-order valence-corrected chi connectivity index (χ4v) is 3.05. The van der Waals surface area contributed by atoms with E-state index in [9.17, 15) is 9.59 Å². The zero-order chi connectivity index (χ0) is 18.1. The van der Waals surface area contributed by atoms with Crippen molar-refractivity contribution >= 4 is 28.5 Å². The van der Waals surface area contributed by atoms with Crippen molar-refractivity contribution in [2.75, 3.05) is 5.73 Å². The van der Waals surface area contributed by atoms with Crippen molar-refractivity contribution in [3.63, 3.8) is 0 Å². The molecule has 2 aromatic heterocycles. The smallest absolute Gasteiger partial charge is 0.332 e. The Labute approximate surface area is 149 Å². The Morgan fingerprint density at radius 3 is 2.52 bits per heavy atom. The number of benzene rings is 1. The van der Waals surface area contributed by atoms with Crippen LogP contribution < -0.4 is 17.0 Å². The standard InChI is InChI=1S/C17H20ClN5O2/c1-3-7-22-15-13(16(24)23(8-4-2)17(22)25)20-14(21-15)11-9-10(18)5-6-12(11)19/h5-6,9H,3-4,7-8,19H2,1-2H3,(H,20,21). The molecule has 0 radical (unpaired) electrons. The number of nitrogens with two attached hydrogens (primary N) is 1. The zero-order valence-electron chi connectivity index (χ0n) is 14.2. The summed E-state index contributed by atoms with van der Waals surface area (Å²) in [5.41, 5.74) is 7.05. The van der Waals surface area contributed by atoms with Gasteiger partial charge in [0.1, 0.15) is 11.3 Å². The number of aromatic nitrogens is 4. The summed E-state index contributed by atoms with van der Waals surface area (Å²) < 4.78 is 2.79. The lowest BCUT2D eigenvalue weighted by molar-refractivity contribution is 0.555. The van der Waals surface area contributed by atoms with E-state index in [2.05, 4.69) is 9.97 Å². The predicted octanol–water partition coefficient (Wildman–Crippen LogP) is 2.61. The minimum atomic E-state index is -0.367. The number of hydrogen-bond acceptors (Lipinski definition) is 4. The van der Waals surface area contributed by atoms with Gasteiger partial charge in [0.05, 0.1) is 0 Å². The van der Waals surface area contributed by atoms with Gasteiger partial charge in [-0.25, -0.2) is 9.78 Å². The maximum Gasteiger partial charge on any atom is 0.332 e. The van der Waals surface area contributed by atoms with Gasteiger partial charge in [-0.15, -0.1) is 0 Å². The van der Waals surface area contributed by atoms with Gasteiger partial charge in [-0.2, -0.15) is 0 Å². The van der Waals surface area contributed by atoms with Crippen molar-refractivity contribution in [3.8, 4) is 11.4 Å². The van der Waals surface area contributed by atoms with E-state index >= 15 is 0 Å². The molecule has 0 aliphatic carbocycles. The van der Waals surface area contributed by atoms with Crippen molar-refractivity contribution < 1.29 is 0 Å². The fraction of sp³-hybridized carbons (Fsp3) is 0.353. The quantitative estimate of drug-likeness (QED) is 0.682. The van der Waals surface area contributed by atoms with Crippen LogP contribution in [0.2, 0.25) is 5.02 Å². The van der Waals surface area contributed by atoms with Gasteiger partial charge in [0, 0.05) is 29.4 Å². The number of nitrogens with zero attached hydrogens (tertiary/aromatic N) is 3. The highest BCUT2D eigenvalue weighted by atomic mass is 35.5. The SMILES string of the molecule is CCCn1c(=O)c2[nH]c(-c3cc(Cl)ccc3N)nc2n(CCC)c1=O. The van der Waals surface area contributed by atoms with Gasteiger partial charge < -0.3 is 10.7 Å². The second kappa shape index (κ2) is 6.76. The van der Waals surface area contributed by atoms with E-state index in [1.54, 1.807) is 18.2 Å². The molecule has 0 spiro atoms.